The largest absolute Gasteiger partial charge is 0.474 e. The molecule has 0 radical (unpaired) electrons. The number of hydrogen-bond donors (Lipinski definition) is 3. The summed E-state index contributed by atoms with van der Waals surface area (Å²) in [6.07, 6.45) is 1.43. The van der Waals surface area contributed by atoms with Crippen molar-refractivity contribution in [3.8, 4) is 11.6 Å². The van der Waals surface area contributed by atoms with Gasteiger partial charge in [0.1, 0.15) is 11.2 Å². The zero-order chi connectivity index (χ0) is 27.9. The number of nitrogens with zero attached hydrogens (tertiary/aromatic N) is 6. The van der Waals surface area contributed by atoms with Gasteiger partial charge >= 0.3 is 0 Å². The maximum Gasteiger partial charge on any atom is 0.260 e. The van der Waals surface area contributed by atoms with Crippen LogP contribution in [0.2, 0.25) is 0 Å². The Morgan fingerprint density at radius 3 is 2.92 bits per heavy atom. The molecule has 3 aromatic heterocycles. The Morgan fingerprint density at radius 1 is 1.36 bits per heavy atom. The minimum absolute atomic E-state index is 0.00137. The van der Waals surface area contributed by atoms with E-state index in [9.17, 15) is 19.1 Å². The predicted octanol–water partition coefficient (Wildman–Crippen LogP) is 1.43. The molecule has 0 bridgehead atoms. The van der Waals surface area contributed by atoms with Crippen molar-refractivity contribution in [2.24, 2.45) is 0 Å². The number of nitrogen functional groups attached to an aromatic ring is 1. The molecule has 4 N–H and O–H groups in total. The Kier molecular flexibility index (Phi) is 6.61. The number of anilines is 3. The lowest BCUT2D eigenvalue weighted by molar-refractivity contribution is -0.165. The molecule has 204 valence electrons. The number of morpholine rings is 1. The van der Waals surface area contributed by atoms with Gasteiger partial charge in [-0.2, -0.15) is 5.10 Å². The van der Waals surface area contributed by atoms with E-state index in [1.165, 1.54) is 21.8 Å². The first kappa shape index (κ1) is 26.0. The molecule has 39 heavy (non-hydrogen) atoms. The lowest BCUT2D eigenvalue weighted by Crippen LogP contribution is -2.61. The van der Waals surface area contributed by atoms with Gasteiger partial charge in [0.15, 0.2) is 28.9 Å². The van der Waals surface area contributed by atoms with Gasteiger partial charge in [-0.25, -0.2) is 9.07 Å². The standard InChI is InChI=1S/C24H25FN8O6/c1-12(2)38-18-10-14(11-27-29-18)33-5-4-17(30-33)32-6-7-37-20(22(32)34)24(3,36)23(35)28-13-8-15(25)19-16(9-13)39-31-21(19)26/h4-5,8-12,20,36H,6-7H2,1-3H3,(H2,26,31)(H,28,35)/t20-,24+/m0/s1. The van der Waals surface area contributed by atoms with E-state index in [0.717, 1.165) is 13.0 Å². The summed E-state index contributed by atoms with van der Waals surface area (Å²) in [5.74, 6) is -2.02. The third kappa shape index (κ3) is 4.96. The lowest BCUT2D eigenvalue weighted by atomic mass is 9.95. The molecule has 0 saturated carbocycles. The molecule has 1 aliphatic heterocycles. The molecule has 14 nitrogen and oxygen atoms in total. The van der Waals surface area contributed by atoms with Crippen LogP contribution in [0.15, 0.2) is 41.2 Å². The number of aliphatic hydroxyl groups is 1. The molecule has 2 amide bonds. The Labute approximate surface area is 220 Å². The van der Waals surface area contributed by atoms with Gasteiger partial charge in [0.25, 0.3) is 11.8 Å². The minimum atomic E-state index is -2.33. The summed E-state index contributed by atoms with van der Waals surface area (Å²) in [4.78, 5) is 27.7. The number of rotatable bonds is 7. The van der Waals surface area contributed by atoms with Gasteiger partial charge in [-0.1, -0.05) is 5.16 Å². The third-order valence-corrected chi connectivity index (χ3v) is 5.96. The van der Waals surface area contributed by atoms with Gasteiger partial charge in [-0.3, -0.25) is 14.5 Å². The summed E-state index contributed by atoms with van der Waals surface area (Å²) < 4.78 is 32.0. The van der Waals surface area contributed by atoms with E-state index < -0.39 is 29.3 Å². The molecule has 0 aliphatic carbocycles. The molecule has 2 atom stereocenters. The quantitative estimate of drug-likeness (QED) is 0.308. The highest BCUT2D eigenvalue weighted by atomic mass is 19.1. The zero-order valence-corrected chi connectivity index (χ0v) is 21.2. The Morgan fingerprint density at radius 2 is 2.15 bits per heavy atom. The van der Waals surface area contributed by atoms with Crippen LogP contribution >= 0.6 is 0 Å². The predicted molar refractivity (Wildman–Crippen MR) is 135 cm³/mol. The van der Waals surface area contributed by atoms with Crippen molar-refractivity contribution in [3.63, 3.8) is 0 Å². The van der Waals surface area contributed by atoms with Crippen LogP contribution in [0.4, 0.5) is 21.7 Å². The zero-order valence-electron chi connectivity index (χ0n) is 21.2. The summed E-state index contributed by atoms with van der Waals surface area (Å²) in [5, 5.41) is 29.2. The SMILES string of the molecule is CC(C)Oc1cc(-n2ccc(N3CCO[C@H]([C@@](C)(O)C(=O)Nc4cc(F)c5c(N)noc5c4)C3=O)n2)cnn1. The highest BCUT2D eigenvalue weighted by Crippen LogP contribution is 2.29. The van der Waals surface area contributed by atoms with Crippen LogP contribution in [-0.4, -0.2) is 73.0 Å². The summed E-state index contributed by atoms with van der Waals surface area (Å²) in [5.41, 5.74) is 3.77. The summed E-state index contributed by atoms with van der Waals surface area (Å²) in [6, 6.07) is 5.54. The van der Waals surface area contributed by atoms with Crippen molar-refractivity contribution >= 4 is 40.1 Å². The molecule has 1 aromatic carbocycles. The van der Waals surface area contributed by atoms with Crippen LogP contribution < -0.4 is 20.7 Å². The fraction of sp³-hybridized carbons (Fsp3) is 0.333. The van der Waals surface area contributed by atoms with Crippen molar-refractivity contribution < 1.29 is 33.1 Å². The molecule has 15 heteroatoms. The fourth-order valence-electron chi connectivity index (χ4n) is 4.07. The molecule has 4 aromatic rings. The van der Waals surface area contributed by atoms with Crippen molar-refractivity contribution in [2.75, 3.05) is 29.1 Å². The molecule has 1 saturated heterocycles. The molecule has 0 spiro atoms. The van der Waals surface area contributed by atoms with Crippen LogP contribution in [-0.2, 0) is 14.3 Å². The Balaban J connectivity index is 1.33. The van der Waals surface area contributed by atoms with E-state index >= 15 is 0 Å². The van der Waals surface area contributed by atoms with Gasteiger partial charge in [0.2, 0.25) is 5.88 Å². The first-order valence-electron chi connectivity index (χ1n) is 11.9. The smallest absolute Gasteiger partial charge is 0.260 e. The number of carbonyl (C=O) groups is 2. The maximum atomic E-state index is 14.4. The molecule has 0 unspecified atom stereocenters. The van der Waals surface area contributed by atoms with Crippen molar-refractivity contribution in [1.29, 1.82) is 0 Å². The number of ether oxygens (including phenoxy) is 2. The van der Waals surface area contributed by atoms with Crippen molar-refractivity contribution in [2.45, 2.75) is 38.6 Å². The normalized spacial score (nSPS) is 17.4. The van der Waals surface area contributed by atoms with Crippen LogP contribution in [0.5, 0.6) is 5.88 Å². The van der Waals surface area contributed by atoms with Gasteiger partial charge in [-0.15, -0.1) is 10.2 Å². The van der Waals surface area contributed by atoms with E-state index in [0.29, 0.717) is 11.6 Å². The highest BCUT2D eigenvalue weighted by Gasteiger charge is 2.49. The maximum absolute atomic E-state index is 14.4. The van der Waals surface area contributed by atoms with E-state index in [-0.39, 0.29) is 47.5 Å². The van der Waals surface area contributed by atoms with Crippen molar-refractivity contribution in [1.82, 2.24) is 25.1 Å². The van der Waals surface area contributed by atoms with Crippen molar-refractivity contribution in [3.05, 3.63) is 42.5 Å². The highest BCUT2D eigenvalue weighted by molar-refractivity contribution is 6.06. The summed E-state index contributed by atoms with van der Waals surface area (Å²) in [7, 11) is 0. The van der Waals surface area contributed by atoms with E-state index in [1.54, 1.807) is 18.3 Å². The Hall–Kier alpha value is -4.63. The Bertz CT molecular complexity index is 1550. The van der Waals surface area contributed by atoms with E-state index in [1.807, 2.05) is 13.8 Å². The lowest BCUT2D eigenvalue weighted by Gasteiger charge is -2.37. The molecule has 1 aliphatic rings. The molecule has 5 rings (SSSR count). The first-order chi connectivity index (χ1) is 18.5. The third-order valence-electron chi connectivity index (χ3n) is 5.96. The minimum Gasteiger partial charge on any atom is -0.474 e. The second kappa shape index (κ2) is 9.92. The average Bonchev–Trinajstić information content (AvgIpc) is 3.51. The number of aromatic nitrogens is 5. The number of amides is 2. The fourth-order valence-corrected chi connectivity index (χ4v) is 4.07. The van der Waals surface area contributed by atoms with Crippen LogP contribution in [0.3, 0.4) is 0 Å². The summed E-state index contributed by atoms with van der Waals surface area (Å²) >= 11 is 0. The number of halogens is 1. The topological polar surface area (TPSA) is 184 Å². The number of fused-ring (bicyclic) bond motifs is 1. The van der Waals surface area contributed by atoms with Crippen LogP contribution in [0.25, 0.3) is 16.7 Å². The molecule has 1 fully saturated rings. The molecular weight excluding hydrogens is 515 g/mol. The number of benzene rings is 1. The molecular formula is C24H25FN8O6. The molecule has 4 heterocycles. The summed E-state index contributed by atoms with van der Waals surface area (Å²) in [6.45, 7) is 5.01. The van der Waals surface area contributed by atoms with Gasteiger partial charge < -0.3 is 30.2 Å². The van der Waals surface area contributed by atoms with Crippen LogP contribution in [0, 0.1) is 5.82 Å². The second-order valence-electron chi connectivity index (χ2n) is 9.28. The average molecular weight is 541 g/mol. The first-order valence-corrected chi connectivity index (χ1v) is 11.9. The number of hydrogen-bond acceptors (Lipinski definition) is 11. The second-order valence-corrected chi connectivity index (χ2v) is 9.28. The van der Waals surface area contributed by atoms with Gasteiger partial charge in [-0.05, 0) is 26.8 Å². The number of nitrogens with two attached hydrogens (primary N) is 1. The monoisotopic (exact) mass is 540 g/mol. The van der Waals surface area contributed by atoms with Gasteiger partial charge in [0, 0.05) is 30.1 Å². The van der Waals surface area contributed by atoms with E-state index in [2.05, 4.69) is 25.8 Å². The number of nitrogens with one attached hydrogen (secondary N) is 1. The van der Waals surface area contributed by atoms with E-state index in [4.69, 9.17) is 19.7 Å². The van der Waals surface area contributed by atoms with Gasteiger partial charge in [0.05, 0.1) is 31.1 Å². The number of carbonyl (C=O) groups excluding carboxylic acids is 2. The van der Waals surface area contributed by atoms with Crippen LogP contribution in [0.1, 0.15) is 20.8 Å².